The third-order valence-corrected chi connectivity index (χ3v) is 4.17. The summed E-state index contributed by atoms with van der Waals surface area (Å²) in [4.78, 5) is 16.7. The van der Waals surface area contributed by atoms with E-state index in [2.05, 4.69) is 29.1 Å². The van der Waals surface area contributed by atoms with Gasteiger partial charge in [0.15, 0.2) is 0 Å². The lowest BCUT2D eigenvalue weighted by atomic mass is 10.1. The van der Waals surface area contributed by atoms with Gasteiger partial charge in [-0.1, -0.05) is 18.2 Å². The molecule has 0 unspecified atom stereocenters. The topological polar surface area (TPSA) is 35.6 Å². The van der Waals surface area contributed by atoms with Gasteiger partial charge in [-0.3, -0.25) is 9.69 Å². The standard InChI is InChI=1S/C16H24FN3O/c1-12-11-19(3)8-9-20(12)13(2)16(21)18-10-14-6-4-5-7-15(14)17/h4-7,12-13H,8-11H2,1-3H3,(H,18,21)/t12-,13-/m0/s1. The van der Waals surface area contributed by atoms with Gasteiger partial charge in [-0.05, 0) is 27.0 Å². The molecule has 1 aliphatic rings. The number of likely N-dealkylation sites (N-methyl/N-ethyl adjacent to an activating group) is 1. The van der Waals surface area contributed by atoms with Crippen molar-refractivity contribution in [1.29, 1.82) is 0 Å². The molecule has 1 heterocycles. The maximum absolute atomic E-state index is 13.5. The Balaban J connectivity index is 1.89. The Bertz CT molecular complexity index is 494. The number of nitrogens with zero attached hydrogens (tertiary/aromatic N) is 2. The van der Waals surface area contributed by atoms with Crippen LogP contribution in [0.15, 0.2) is 24.3 Å². The van der Waals surface area contributed by atoms with Gasteiger partial charge in [0.2, 0.25) is 5.91 Å². The third-order valence-electron chi connectivity index (χ3n) is 4.17. The van der Waals surface area contributed by atoms with E-state index in [4.69, 9.17) is 0 Å². The van der Waals surface area contributed by atoms with Crippen molar-refractivity contribution in [3.05, 3.63) is 35.6 Å². The highest BCUT2D eigenvalue weighted by Crippen LogP contribution is 2.12. The lowest BCUT2D eigenvalue weighted by Crippen LogP contribution is -2.57. The van der Waals surface area contributed by atoms with Gasteiger partial charge in [-0.15, -0.1) is 0 Å². The van der Waals surface area contributed by atoms with Gasteiger partial charge in [0.25, 0.3) is 0 Å². The molecule has 0 aromatic heterocycles. The normalized spacial score (nSPS) is 22.0. The summed E-state index contributed by atoms with van der Waals surface area (Å²) in [6.07, 6.45) is 0. The average molecular weight is 293 g/mol. The van der Waals surface area contributed by atoms with Gasteiger partial charge in [0.05, 0.1) is 6.04 Å². The Labute approximate surface area is 125 Å². The molecule has 1 amide bonds. The van der Waals surface area contributed by atoms with Crippen LogP contribution in [0.4, 0.5) is 4.39 Å². The van der Waals surface area contributed by atoms with Crippen LogP contribution in [0.25, 0.3) is 0 Å². The summed E-state index contributed by atoms with van der Waals surface area (Å²) in [6, 6.07) is 6.68. The number of hydrogen-bond acceptors (Lipinski definition) is 3. The molecule has 0 bridgehead atoms. The summed E-state index contributed by atoms with van der Waals surface area (Å²) in [5, 5.41) is 2.83. The van der Waals surface area contributed by atoms with Crippen molar-refractivity contribution < 1.29 is 9.18 Å². The molecular formula is C16H24FN3O. The predicted molar refractivity (Wildman–Crippen MR) is 81.4 cm³/mol. The van der Waals surface area contributed by atoms with Crippen molar-refractivity contribution >= 4 is 5.91 Å². The molecule has 1 aromatic carbocycles. The third kappa shape index (κ3) is 4.02. The summed E-state index contributed by atoms with van der Waals surface area (Å²) >= 11 is 0. The summed E-state index contributed by atoms with van der Waals surface area (Å²) in [5.74, 6) is -0.326. The second-order valence-electron chi connectivity index (χ2n) is 5.83. The Morgan fingerprint density at radius 1 is 1.43 bits per heavy atom. The fourth-order valence-corrected chi connectivity index (χ4v) is 2.85. The number of benzene rings is 1. The maximum atomic E-state index is 13.5. The number of nitrogens with one attached hydrogen (secondary N) is 1. The zero-order valence-electron chi connectivity index (χ0n) is 13.0. The number of piperazine rings is 1. The molecule has 116 valence electrons. The fraction of sp³-hybridized carbons (Fsp3) is 0.562. The highest BCUT2D eigenvalue weighted by molar-refractivity contribution is 5.81. The number of halogens is 1. The minimum absolute atomic E-state index is 0.0466. The first-order chi connectivity index (χ1) is 9.99. The van der Waals surface area contributed by atoms with Crippen LogP contribution in [0, 0.1) is 5.82 Å². The maximum Gasteiger partial charge on any atom is 0.237 e. The number of rotatable bonds is 4. The lowest BCUT2D eigenvalue weighted by molar-refractivity contribution is -0.127. The molecule has 1 N–H and O–H groups in total. The van der Waals surface area contributed by atoms with E-state index >= 15 is 0 Å². The van der Waals surface area contributed by atoms with E-state index in [0.29, 0.717) is 11.6 Å². The van der Waals surface area contributed by atoms with E-state index in [1.165, 1.54) is 6.07 Å². The summed E-state index contributed by atoms with van der Waals surface area (Å²) in [7, 11) is 2.09. The number of amides is 1. The molecular weight excluding hydrogens is 269 g/mol. The second-order valence-corrected chi connectivity index (χ2v) is 5.83. The Morgan fingerprint density at radius 2 is 2.14 bits per heavy atom. The fourth-order valence-electron chi connectivity index (χ4n) is 2.85. The molecule has 1 fully saturated rings. The van der Waals surface area contributed by atoms with Crippen molar-refractivity contribution in [3.63, 3.8) is 0 Å². The highest BCUT2D eigenvalue weighted by atomic mass is 19.1. The van der Waals surface area contributed by atoms with E-state index in [1.807, 2.05) is 6.92 Å². The van der Waals surface area contributed by atoms with Gasteiger partial charge in [0.1, 0.15) is 5.82 Å². The van der Waals surface area contributed by atoms with Crippen molar-refractivity contribution in [2.24, 2.45) is 0 Å². The molecule has 0 aliphatic carbocycles. The van der Waals surface area contributed by atoms with E-state index in [9.17, 15) is 9.18 Å². The summed E-state index contributed by atoms with van der Waals surface area (Å²) in [6.45, 7) is 7.10. The van der Waals surface area contributed by atoms with Gasteiger partial charge in [-0.25, -0.2) is 4.39 Å². The predicted octanol–water partition coefficient (Wildman–Crippen LogP) is 1.47. The van der Waals surface area contributed by atoms with E-state index < -0.39 is 0 Å². The molecule has 2 atom stereocenters. The summed E-state index contributed by atoms with van der Waals surface area (Å²) < 4.78 is 13.5. The van der Waals surface area contributed by atoms with Crippen LogP contribution in [0.1, 0.15) is 19.4 Å². The zero-order chi connectivity index (χ0) is 15.4. The second kappa shape index (κ2) is 7.00. The molecule has 1 aromatic rings. The zero-order valence-corrected chi connectivity index (χ0v) is 13.0. The van der Waals surface area contributed by atoms with Gasteiger partial charge in [0, 0.05) is 37.8 Å². The molecule has 0 spiro atoms. The van der Waals surface area contributed by atoms with Crippen molar-refractivity contribution in [3.8, 4) is 0 Å². The Morgan fingerprint density at radius 3 is 2.81 bits per heavy atom. The number of carbonyl (C=O) groups excluding carboxylic acids is 1. The minimum atomic E-state index is -0.279. The molecule has 2 rings (SSSR count). The monoisotopic (exact) mass is 293 g/mol. The van der Waals surface area contributed by atoms with Gasteiger partial charge in [-0.2, -0.15) is 0 Å². The van der Waals surface area contributed by atoms with Crippen LogP contribution in [-0.4, -0.2) is 54.5 Å². The molecule has 21 heavy (non-hydrogen) atoms. The van der Waals surface area contributed by atoms with Crippen molar-refractivity contribution in [2.45, 2.75) is 32.5 Å². The molecule has 1 aliphatic heterocycles. The van der Waals surface area contributed by atoms with Crippen LogP contribution >= 0.6 is 0 Å². The number of carbonyl (C=O) groups is 1. The summed E-state index contributed by atoms with van der Waals surface area (Å²) in [5.41, 5.74) is 0.518. The van der Waals surface area contributed by atoms with Crippen LogP contribution in [-0.2, 0) is 11.3 Å². The first kappa shape index (κ1) is 15.9. The van der Waals surface area contributed by atoms with Crippen molar-refractivity contribution in [2.75, 3.05) is 26.7 Å². The van der Waals surface area contributed by atoms with Crippen LogP contribution in [0.5, 0.6) is 0 Å². The van der Waals surface area contributed by atoms with Gasteiger partial charge < -0.3 is 10.2 Å². The van der Waals surface area contributed by atoms with E-state index in [1.54, 1.807) is 18.2 Å². The molecule has 0 saturated carbocycles. The van der Waals surface area contributed by atoms with Crippen LogP contribution < -0.4 is 5.32 Å². The first-order valence-corrected chi connectivity index (χ1v) is 7.44. The molecule has 4 nitrogen and oxygen atoms in total. The highest BCUT2D eigenvalue weighted by Gasteiger charge is 2.29. The largest absolute Gasteiger partial charge is 0.351 e. The van der Waals surface area contributed by atoms with Gasteiger partial charge >= 0.3 is 0 Å². The Hall–Kier alpha value is -1.46. The SMILES string of the molecule is C[C@H]1CN(C)CCN1[C@@H](C)C(=O)NCc1ccccc1F. The van der Waals surface area contributed by atoms with E-state index in [0.717, 1.165) is 19.6 Å². The minimum Gasteiger partial charge on any atom is -0.351 e. The van der Waals surface area contributed by atoms with E-state index in [-0.39, 0.29) is 24.3 Å². The smallest absolute Gasteiger partial charge is 0.237 e. The molecule has 5 heteroatoms. The quantitative estimate of drug-likeness (QED) is 0.913. The molecule has 1 saturated heterocycles. The number of hydrogen-bond donors (Lipinski definition) is 1. The lowest BCUT2D eigenvalue weighted by Gasteiger charge is -2.41. The Kier molecular flexibility index (Phi) is 5.31. The average Bonchev–Trinajstić information content (AvgIpc) is 2.45. The van der Waals surface area contributed by atoms with Crippen molar-refractivity contribution in [1.82, 2.24) is 15.1 Å². The first-order valence-electron chi connectivity index (χ1n) is 7.44. The van der Waals surface area contributed by atoms with Crippen LogP contribution in [0.3, 0.4) is 0 Å². The van der Waals surface area contributed by atoms with Crippen LogP contribution in [0.2, 0.25) is 0 Å². The molecule has 0 radical (unpaired) electrons.